The van der Waals surface area contributed by atoms with Gasteiger partial charge in [0.25, 0.3) is 5.91 Å². The van der Waals surface area contributed by atoms with Gasteiger partial charge in [-0.05, 0) is 47.4 Å². The third-order valence-electron chi connectivity index (χ3n) is 10.1. The third-order valence-corrected chi connectivity index (χ3v) is 10.6. The van der Waals surface area contributed by atoms with Gasteiger partial charge < -0.3 is 9.80 Å². The number of rotatable bonds is 6. The van der Waals surface area contributed by atoms with Crippen LogP contribution in [-0.2, 0) is 38.4 Å². The molecule has 2 amide bonds. The van der Waals surface area contributed by atoms with Gasteiger partial charge in [-0.1, -0.05) is 131 Å². The number of ketones is 1. The smallest absolute Gasteiger partial charge is 0.253 e. The zero-order valence-corrected chi connectivity index (χ0v) is 27.4. The quantitative estimate of drug-likeness (QED) is 0.205. The van der Waals surface area contributed by atoms with Crippen LogP contribution in [0.25, 0.3) is 0 Å². The fraction of sp³-hybridized carbons (Fsp3) is 0.175. The molecule has 1 fully saturated rings. The Labute approximate surface area is 282 Å². The maximum absolute atomic E-state index is 15.7. The lowest BCUT2D eigenvalue weighted by molar-refractivity contribution is -0.138. The monoisotopic (exact) mass is 681 g/mol. The molecule has 8 rings (SSSR count). The van der Waals surface area contributed by atoms with E-state index in [2.05, 4.69) is 21.2 Å². The number of carbonyl (C=O) groups excluding carboxylic acids is 3. The Hall–Kier alpha value is -4.85. The van der Waals surface area contributed by atoms with Crippen LogP contribution in [0, 0.1) is 5.92 Å². The number of hydrogen-bond acceptors (Lipinski definition) is 4. The van der Waals surface area contributed by atoms with E-state index >= 15 is 9.59 Å². The summed E-state index contributed by atoms with van der Waals surface area (Å²) < 4.78 is 0.817. The van der Waals surface area contributed by atoms with E-state index in [1.807, 2.05) is 133 Å². The molecule has 232 valence electrons. The van der Waals surface area contributed by atoms with Gasteiger partial charge >= 0.3 is 0 Å². The summed E-state index contributed by atoms with van der Waals surface area (Å²) in [5.41, 5.74) is 2.43. The molecule has 47 heavy (non-hydrogen) atoms. The SMILES string of the molecule is CC(=O)[C@H]1[C@H](c2ccccc2)N[C@]2(C(=O)N(Cc3ccccc3)c3cc(Br)ccc32)[C@]12C(=O)N(Cc1ccccc1)c1ccccc12. The van der Waals surface area contributed by atoms with Gasteiger partial charge in [0, 0.05) is 21.8 Å². The lowest BCUT2D eigenvalue weighted by Crippen LogP contribution is -2.63. The maximum Gasteiger partial charge on any atom is 0.253 e. The Morgan fingerprint density at radius 2 is 1.23 bits per heavy atom. The van der Waals surface area contributed by atoms with Crippen molar-refractivity contribution in [3.63, 3.8) is 0 Å². The summed E-state index contributed by atoms with van der Waals surface area (Å²) in [6.07, 6.45) is 0. The van der Waals surface area contributed by atoms with Crippen LogP contribution in [0.2, 0.25) is 0 Å². The Bertz CT molecular complexity index is 2040. The van der Waals surface area contributed by atoms with E-state index in [4.69, 9.17) is 0 Å². The molecule has 7 heteroatoms. The number of fused-ring (bicyclic) bond motifs is 5. The van der Waals surface area contributed by atoms with E-state index in [-0.39, 0.29) is 17.6 Å². The van der Waals surface area contributed by atoms with Crippen molar-refractivity contribution in [1.29, 1.82) is 0 Å². The molecule has 3 heterocycles. The Morgan fingerprint density at radius 1 is 0.681 bits per heavy atom. The minimum absolute atomic E-state index is 0.152. The molecule has 0 radical (unpaired) electrons. The highest BCUT2D eigenvalue weighted by Crippen LogP contribution is 2.67. The van der Waals surface area contributed by atoms with E-state index in [1.54, 1.807) is 16.7 Å². The van der Waals surface area contributed by atoms with Gasteiger partial charge in [0.1, 0.15) is 16.7 Å². The van der Waals surface area contributed by atoms with Crippen LogP contribution in [0.4, 0.5) is 11.4 Å². The average molecular weight is 683 g/mol. The van der Waals surface area contributed by atoms with Crippen LogP contribution in [0.15, 0.2) is 138 Å². The van der Waals surface area contributed by atoms with Crippen molar-refractivity contribution >= 4 is 44.9 Å². The summed E-state index contributed by atoms with van der Waals surface area (Å²) >= 11 is 3.65. The number of benzene rings is 5. The minimum atomic E-state index is -1.58. The van der Waals surface area contributed by atoms with Crippen molar-refractivity contribution in [1.82, 2.24) is 5.32 Å². The highest BCUT2D eigenvalue weighted by Gasteiger charge is 2.79. The number of carbonyl (C=O) groups is 3. The lowest BCUT2D eigenvalue weighted by Gasteiger charge is -2.41. The Kier molecular flexibility index (Phi) is 7.01. The molecule has 0 unspecified atom stereocenters. The molecule has 0 saturated carbocycles. The van der Waals surface area contributed by atoms with E-state index < -0.39 is 22.9 Å². The summed E-state index contributed by atoms with van der Waals surface area (Å²) in [5.74, 6) is -1.53. The highest BCUT2D eigenvalue weighted by atomic mass is 79.9. The average Bonchev–Trinajstić information content (AvgIpc) is 3.64. The molecule has 5 aromatic carbocycles. The molecule has 4 atom stereocenters. The number of halogens is 1. The highest BCUT2D eigenvalue weighted by molar-refractivity contribution is 9.10. The first kappa shape index (κ1) is 29.5. The van der Waals surface area contributed by atoms with Crippen molar-refractivity contribution < 1.29 is 14.4 Å². The molecule has 1 N–H and O–H groups in total. The summed E-state index contributed by atoms with van der Waals surface area (Å²) in [6.45, 7) is 2.18. The van der Waals surface area contributed by atoms with Crippen molar-refractivity contribution in [2.24, 2.45) is 5.92 Å². The number of Topliss-reactive ketones (excluding diaryl/α,β-unsaturated/α-hetero) is 1. The number of amides is 2. The van der Waals surface area contributed by atoms with Crippen LogP contribution in [-0.4, -0.2) is 17.6 Å². The second-order valence-electron chi connectivity index (χ2n) is 12.6. The minimum Gasteiger partial charge on any atom is -0.307 e. The zero-order valence-electron chi connectivity index (χ0n) is 25.8. The number of nitrogens with zero attached hydrogens (tertiary/aromatic N) is 2. The van der Waals surface area contributed by atoms with Crippen LogP contribution >= 0.6 is 15.9 Å². The molecular weight excluding hydrogens is 650 g/mol. The standard InChI is InChI=1S/C40H32BrN3O3/c1-26(45)35-36(29-17-9-4-10-18-29)42-40(32-22-21-30(41)23-34(32)44(38(40)47)25-28-15-7-3-8-16-28)39(35)31-19-11-12-20-33(31)43(37(39)46)24-27-13-5-2-6-14-27/h2-23,35-36,42H,24-25H2,1H3/t35-,36-,39-,40+/m0/s1. The van der Waals surface area contributed by atoms with Crippen molar-refractivity contribution in [3.05, 3.63) is 166 Å². The molecule has 6 nitrogen and oxygen atoms in total. The van der Waals surface area contributed by atoms with E-state index in [0.717, 1.165) is 26.9 Å². The Morgan fingerprint density at radius 3 is 1.85 bits per heavy atom. The lowest BCUT2D eigenvalue weighted by atomic mass is 9.57. The molecule has 5 aromatic rings. The van der Waals surface area contributed by atoms with E-state index in [1.165, 1.54) is 0 Å². The summed E-state index contributed by atoms with van der Waals surface area (Å²) in [7, 11) is 0. The van der Waals surface area contributed by atoms with Crippen LogP contribution in [0.3, 0.4) is 0 Å². The van der Waals surface area contributed by atoms with E-state index in [0.29, 0.717) is 29.9 Å². The zero-order chi connectivity index (χ0) is 32.3. The normalized spacial score (nSPS) is 24.3. The fourth-order valence-corrected chi connectivity index (χ4v) is 8.72. The van der Waals surface area contributed by atoms with Crippen molar-refractivity contribution in [3.8, 4) is 0 Å². The van der Waals surface area contributed by atoms with Gasteiger partial charge in [-0.25, -0.2) is 0 Å². The molecule has 1 saturated heterocycles. The largest absolute Gasteiger partial charge is 0.307 e. The number of nitrogens with one attached hydrogen (secondary N) is 1. The van der Waals surface area contributed by atoms with Crippen molar-refractivity contribution in [2.45, 2.75) is 37.0 Å². The number of para-hydroxylation sites is 1. The Balaban J connectivity index is 1.43. The fourth-order valence-electron chi connectivity index (χ4n) is 8.37. The predicted octanol–water partition coefficient (Wildman–Crippen LogP) is 7.23. The number of hydrogen-bond donors (Lipinski definition) is 1. The van der Waals surface area contributed by atoms with Gasteiger partial charge in [0.15, 0.2) is 0 Å². The van der Waals surface area contributed by atoms with Gasteiger partial charge in [0.2, 0.25) is 5.91 Å². The summed E-state index contributed by atoms with van der Waals surface area (Å²) in [4.78, 5) is 49.1. The molecular formula is C40H32BrN3O3. The van der Waals surface area contributed by atoms with Gasteiger partial charge in [0.05, 0.1) is 24.7 Å². The predicted molar refractivity (Wildman–Crippen MR) is 186 cm³/mol. The first-order chi connectivity index (χ1) is 22.9. The molecule has 3 aliphatic rings. The summed E-state index contributed by atoms with van der Waals surface area (Å²) in [6, 6.07) is 42.3. The van der Waals surface area contributed by atoms with Gasteiger partial charge in [-0.3, -0.25) is 19.7 Å². The summed E-state index contributed by atoms with van der Waals surface area (Å²) in [5, 5.41) is 3.77. The molecule has 2 spiro atoms. The second kappa shape index (κ2) is 11.1. The number of anilines is 2. The van der Waals surface area contributed by atoms with Crippen LogP contribution < -0.4 is 15.1 Å². The molecule has 0 aromatic heterocycles. The van der Waals surface area contributed by atoms with Crippen LogP contribution in [0.5, 0.6) is 0 Å². The molecule has 0 aliphatic carbocycles. The topological polar surface area (TPSA) is 69.7 Å². The maximum atomic E-state index is 15.7. The van der Waals surface area contributed by atoms with Gasteiger partial charge in [-0.2, -0.15) is 0 Å². The molecule has 3 aliphatic heterocycles. The van der Waals surface area contributed by atoms with Crippen molar-refractivity contribution in [2.75, 3.05) is 9.80 Å². The molecule has 0 bridgehead atoms. The second-order valence-corrected chi connectivity index (χ2v) is 13.5. The first-order valence-electron chi connectivity index (χ1n) is 15.8. The van der Waals surface area contributed by atoms with E-state index in [9.17, 15) is 4.79 Å². The first-order valence-corrected chi connectivity index (χ1v) is 16.6. The van der Waals surface area contributed by atoms with Crippen LogP contribution in [0.1, 0.15) is 40.8 Å². The van der Waals surface area contributed by atoms with Gasteiger partial charge in [-0.15, -0.1) is 0 Å². The third kappa shape index (κ3) is 4.16.